The molecule has 1 aliphatic carbocycles. The summed E-state index contributed by atoms with van der Waals surface area (Å²) >= 11 is 0. The van der Waals surface area contributed by atoms with Crippen molar-refractivity contribution in [2.24, 2.45) is 11.8 Å². The van der Waals surface area contributed by atoms with Gasteiger partial charge in [-0.25, -0.2) is 9.78 Å². The van der Waals surface area contributed by atoms with Crippen molar-refractivity contribution < 1.29 is 19.1 Å². The number of carbonyl (C=O) groups is 3. The third-order valence-corrected chi connectivity index (χ3v) is 9.10. The van der Waals surface area contributed by atoms with Crippen LogP contribution in [0.3, 0.4) is 0 Å². The lowest BCUT2D eigenvalue weighted by Crippen LogP contribution is -2.48. The van der Waals surface area contributed by atoms with Gasteiger partial charge in [-0.05, 0) is 112 Å². The maximum absolute atomic E-state index is 13.7. The Hall–Kier alpha value is -5.39. The Bertz CT molecular complexity index is 2030. The van der Waals surface area contributed by atoms with Crippen LogP contribution in [-0.4, -0.2) is 56.3 Å². The molecule has 1 aliphatic rings. The molecule has 0 unspecified atom stereocenters. The van der Waals surface area contributed by atoms with E-state index in [1.165, 1.54) is 0 Å². The Balaban J connectivity index is 1.13. The highest BCUT2D eigenvalue weighted by Crippen LogP contribution is 2.30. The molecule has 1 fully saturated rings. The standard InChI is InChI=1S/C37H43N7O5/c1-21-15-30-31(40-20-39-30)18-28(21)24-9-5-22(6-10-24)16-32(35(47)41-26-13-14-27-29(17-26)43-44-34(27)46)42-33(45)25-11-7-23(8-12-25)19-38-36(48)49-37(2,3)4/h5-6,9-10,13-15,17-18,20,23,25,32H,7-8,11-12,16,19H2,1-4H3,(H,38,48)(H,39,40)(H,41,47)(H,42,45)(H2,43,44,46)/t23-,25-,32-/m0/s1. The molecule has 6 N–H and O–H groups in total. The highest BCUT2D eigenvalue weighted by molar-refractivity contribution is 5.99. The highest BCUT2D eigenvalue weighted by Gasteiger charge is 2.30. The molecule has 0 saturated heterocycles. The molecule has 0 spiro atoms. The van der Waals surface area contributed by atoms with Crippen molar-refractivity contribution in [3.05, 3.63) is 82.4 Å². The first-order chi connectivity index (χ1) is 23.4. The van der Waals surface area contributed by atoms with E-state index in [0.717, 1.165) is 46.1 Å². The van der Waals surface area contributed by atoms with Crippen LogP contribution in [0.15, 0.2) is 65.7 Å². The van der Waals surface area contributed by atoms with Crippen LogP contribution in [0.1, 0.15) is 57.6 Å². The summed E-state index contributed by atoms with van der Waals surface area (Å²) < 4.78 is 5.34. The Morgan fingerprint density at radius 3 is 2.45 bits per heavy atom. The maximum atomic E-state index is 13.7. The van der Waals surface area contributed by atoms with Gasteiger partial charge in [0.1, 0.15) is 11.6 Å². The molecule has 12 nitrogen and oxygen atoms in total. The highest BCUT2D eigenvalue weighted by atomic mass is 16.6. The number of benzene rings is 3. The second kappa shape index (κ2) is 14.0. The van der Waals surface area contributed by atoms with E-state index in [1.807, 2.05) is 45.0 Å². The fraction of sp³-hybridized carbons (Fsp3) is 0.378. The lowest BCUT2D eigenvalue weighted by atomic mass is 9.81. The van der Waals surface area contributed by atoms with Crippen molar-refractivity contribution in [1.29, 1.82) is 0 Å². The molecular weight excluding hydrogens is 622 g/mol. The molecule has 49 heavy (non-hydrogen) atoms. The van der Waals surface area contributed by atoms with Gasteiger partial charge in [-0.1, -0.05) is 24.3 Å². The minimum atomic E-state index is -0.839. The quantitative estimate of drug-likeness (QED) is 0.118. The molecule has 256 valence electrons. The average Bonchev–Trinajstić information content (AvgIpc) is 3.68. The second-order valence-electron chi connectivity index (χ2n) is 14.0. The zero-order valence-electron chi connectivity index (χ0n) is 28.2. The van der Waals surface area contributed by atoms with Crippen molar-refractivity contribution in [3.63, 3.8) is 0 Å². The van der Waals surface area contributed by atoms with Crippen molar-refractivity contribution in [2.75, 3.05) is 11.9 Å². The molecule has 1 saturated carbocycles. The summed E-state index contributed by atoms with van der Waals surface area (Å²) in [6.45, 7) is 8.03. The van der Waals surface area contributed by atoms with Crippen LogP contribution in [0.4, 0.5) is 10.5 Å². The number of aromatic amines is 3. The van der Waals surface area contributed by atoms with Gasteiger partial charge in [0.25, 0.3) is 5.56 Å². The van der Waals surface area contributed by atoms with Crippen LogP contribution in [0.25, 0.3) is 33.1 Å². The molecule has 12 heteroatoms. The number of aryl methyl sites for hydroxylation is 1. The number of carbonyl (C=O) groups excluding carboxylic acids is 3. The Kier molecular flexibility index (Phi) is 9.57. The number of fused-ring (bicyclic) bond motifs is 2. The number of ether oxygens (including phenoxy) is 1. The summed E-state index contributed by atoms with van der Waals surface area (Å²) in [4.78, 5) is 58.9. The number of amides is 3. The van der Waals surface area contributed by atoms with Crippen LogP contribution in [0.5, 0.6) is 0 Å². The van der Waals surface area contributed by atoms with Gasteiger partial charge in [0.05, 0.1) is 28.3 Å². The van der Waals surface area contributed by atoms with Crippen molar-refractivity contribution >= 4 is 45.5 Å². The molecule has 3 aromatic carbocycles. The fourth-order valence-corrected chi connectivity index (χ4v) is 6.47. The van der Waals surface area contributed by atoms with E-state index in [9.17, 15) is 19.2 Å². The lowest BCUT2D eigenvalue weighted by Gasteiger charge is -2.29. The number of anilines is 1. The topological polar surface area (TPSA) is 174 Å². The SMILES string of the molecule is Cc1cc2nc[nH]c2cc1-c1ccc(C[C@H](NC(=O)[C@H]2CC[C@H](CNC(=O)OC(C)(C)C)CC2)C(=O)Nc2ccc3c(=O)[nH][nH]c3c2)cc1. The number of rotatable bonds is 9. The number of H-pyrrole nitrogens is 3. The molecule has 6 rings (SSSR count). The molecule has 1 atom stereocenters. The predicted octanol–water partition coefficient (Wildman–Crippen LogP) is 5.71. The van der Waals surface area contributed by atoms with Crippen molar-refractivity contribution in [1.82, 2.24) is 30.8 Å². The van der Waals surface area contributed by atoms with E-state index < -0.39 is 17.7 Å². The van der Waals surface area contributed by atoms with E-state index in [-0.39, 0.29) is 35.6 Å². The van der Waals surface area contributed by atoms with Crippen molar-refractivity contribution in [2.45, 2.75) is 71.4 Å². The summed E-state index contributed by atoms with van der Waals surface area (Å²) in [5, 5.41) is 14.7. The number of nitrogens with one attached hydrogen (secondary N) is 6. The van der Waals surface area contributed by atoms with Gasteiger partial charge in [-0.2, -0.15) is 0 Å². The predicted molar refractivity (Wildman–Crippen MR) is 189 cm³/mol. The average molecular weight is 666 g/mol. The summed E-state index contributed by atoms with van der Waals surface area (Å²) in [6.07, 6.45) is 4.41. The van der Waals surface area contributed by atoms with Gasteiger partial charge in [-0.3, -0.25) is 24.6 Å². The Labute approximate surface area is 283 Å². The first-order valence-corrected chi connectivity index (χ1v) is 16.7. The second-order valence-corrected chi connectivity index (χ2v) is 14.0. The van der Waals surface area contributed by atoms with E-state index in [0.29, 0.717) is 36.0 Å². The minimum absolute atomic E-state index is 0.163. The largest absolute Gasteiger partial charge is 0.444 e. The number of alkyl carbamates (subject to hydrolysis) is 1. The van der Waals surface area contributed by atoms with Gasteiger partial charge in [0, 0.05) is 24.6 Å². The van der Waals surface area contributed by atoms with Crippen molar-refractivity contribution in [3.8, 4) is 11.1 Å². The van der Waals surface area contributed by atoms with Crippen LogP contribution in [0, 0.1) is 18.8 Å². The Morgan fingerprint density at radius 2 is 1.71 bits per heavy atom. The first-order valence-electron chi connectivity index (χ1n) is 16.7. The van der Waals surface area contributed by atoms with Gasteiger partial charge in [0.2, 0.25) is 11.8 Å². The molecule has 0 radical (unpaired) electrons. The van der Waals surface area contributed by atoms with Crippen LogP contribution in [-0.2, 0) is 20.7 Å². The van der Waals surface area contributed by atoms with E-state index in [4.69, 9.17) is 4.74 Å². The van der Waals surface area contributed by atoms with Gasteiger partial charge < -0.3 is 25.7 Å². The monoisotopic (exact) mass is 665 g/mol. The summed E-state index contributed by atoms with van der Waals surface area (Å²) in [5.41, 5.74) is 6.26. The number of aromatic nitrogens is 4. The van der Waals surface area contributed by atoms with Crippen LogP contribution < -0.4 is 21.5 Å². The maximum Gasteiger partial charge on any atom is 0.407 e. The summed E-state index contributed by atoms with van der Waals surface area (Å²) in [5.74, 6) is -0.506. The number of imidazole rings is 1. The first kappa shape index (κ1) is 33.5. The zero-order valence-corrected chi connectivity index (χ0v) is 28.2. The Morgan fingerprint density at radius 1 is 0.959 bits per heavy atom. The van der Waals surface area contributed by atoms with Crippen LogP contribution in [0.2, 0.25) is 0 Å². The molecule has 3 amide bonds. The van der Waals surface area contributed by atoms with E-state index in [1.54, 1.807) is 24.5 Å². The molecule has 0 bridgehead atoms. The summed E-state index contributed by atoms with van der Waals surface area (Å²) in [7, 11) is 0. The number of hydrogen-bond donors (Lipinski definition) is 6. The third kappa shape index (κ3) is 8.19. The molecule has 5 aromatic rings. The molecule has 2 heterocycles. The normalized spacial score (nSPS) is 17.1. The minimum Gasteiger partial charge on any atom is -0.444 e. The number of hydrogen-bond acceptors (Lipinski definition) is 6. The van der Waals surface area contributed by atoms with Gasteiger partial charge >= 0.3 is 6.09 Å². The summed E-state index contributed by atoms with van der Waals surface area (Å²) in [6, 6.07) is 16.3. The number of nitrogens with zero attached hydrogens (tertiary/aromatic N) is 1. The molecule has 2 aromatic heterocycles. The third-order valence-electron chi connectivity index (χ3n) is 9.10. The van der Waals surface area contributed by atoms with E-state index >= 15 is 0 Å². The fourth-order valence-electron chi connectivity index (χ4n) is 6.47. The molecule has 0 aliphatic heterocycles. The smallest absolute Gasteiger partial charge is 0.407 e. The van der Waals surface area contributed by atoms with Gasteiger partial charge in [0.15, 0.2) is 0 Å². The lowest BCUT2D eigenvalue weighted by molar-refractivity contribution is -0.130. The van der Waals surface area contributed by atoms with E-state index in [2.05, 4.69) is 55.2 Å². The zero-order chi connectivity index (χ0) is 34.7. The molecular formula is C37H43N7O5. The van der Waals surface area contributed by atoms with Crippen LogP contribution >= 0.6 is 0 Å². The van der Waals surface area contributed by atoms with Gasteiger partial charge in [-0.15, -0.1) is 0 Å².